The number of methoxy groups -OCH3 is 1. The number of benzene rings is 1. The number of rotatable bonds is 9. The Morgan fingerprint density at radius 2 is 1.96 bits per heavy atom. The second kappa shape index (κ2) is 8.84. The first-order valence-electron chi connectivity index (χ1n) is 7.56. The van der Waals surface area contributed by atoms with Gasteiger partial charge in [0.05, 0.1) is 0 Å². The first-order valence-corrected chi connectivity index (χ1v) is 7.56. The number of hydrogen-bond acceptors (Lipinski definition) is 5. The molecule has 0 spiro atoms. The number of nitrogens with one attached hydrogen (secondary N) is 1. The summed E-state index contributed by atoms with van der Waals surface area (Å²) in [5.74, 6) is -0.674. The van der Waals surface area contributed by atoms with Gasteiger partial charge in [-0.3, -0.25) is 9.59 Å². The molecule has 0 saturated heterocycles. The van der Waals surface area contributed by atoms with E-state index in [1.165, 1.54) is 37.4 Å². The molecule has 2 amide bonds. The molecule has 0 radical (unpaired) electrons. The number of nitrogens with two attached hydrogens (primary N) is 1. The van der Waals surface area contributed by atoms with E-state index in [1.807, 2.05) is 0 Å². The molecule has 1 heterocycles. The number of halogens is 1. The monoisotopic (exact) mass is 350 g/mol. The summed E-state index contributed by atoms with van der Waals surface area (Å²) in [5, 5.41) is 2.49. The van der Waals surface area contributed by atoms with Gasteiger partial charge in [0.1, 0.15) is 30.0 Å². The summed E-state index contributed by atoms with van der Waals surface area (Å²) in [7, 11) is 1.49. The third-order valence-corrected chi connectivity index (χ3v) is 3.34. The third kappa shape index (κ3) is 5.61. The Balaban J connectivity index is 1.91. The highest BCUT2D eigenvalue weighted by molar-refractivity contribution is 5.95. The largest absolute Gasteiger partial charge is 0.486 e. The van der Waals surface area contributed by atoms with Crippen molar-refractivity contribution in [1.29, 1.82) is 0 Å². The fourth-order valence-electron chi connectivity index (χ4n) is 2.01. The maximum atomic E-state index is 12.8. The Morgan fingerprint density at radius 3 is 2.60 bits per heavy atom. The normalized spacial score (nSPS) is 11.8. The van der Waals surface area contributed by atoms with Crippen molar-refractivity contribution in [2.75, 3.05) is 13.7 Å². The molecular formula is C17H19FN2O5. The van der Waals surface area contributed by atoms with E-state index in [0.29, 0.717) is 11.5 Å². The molecule has 0 saturated carbocycles. The van der Waals surface area contributed by atoms with Crippen LogP contribution >= 0.6 is 0 Å². The van der Waals surface area contributed by atoms with Crippen LogP contribution < -0.4 is 15.8 Å². The van der Waals surface area contributed by atoms with Gasteiger partial charge >= 0.3 is 0 Å². The molecule has 2 aromatic rings. The van der Waals surface area contributed by atoms with Gasteiger partial charge in [-0.05, 0) is 42.8 Å². The molecule has 1 atom stereocenters. The number of carbonyl (C=O) groups is 2. The Hall–Kier alpha value is -2.87. The van der Waals surface area contributed by atoms with Gasteiger partial charge in [0, 0.05) is 13.7 Å². The summed E-state index contributed by atoms with van der Waals surface area (Å²) in [6, 6.07) is 7.72. The van der Waals surface area contributed by atoms with Crippen LogP contribution in [0.1, 0.15) is 22.7 Å². The summed E-state index contributed by atoms with van der Waals surface area (Å²) >= 11 is 0. The van der Waals surface area contributed by atoms with Crippen LogP contribution in [0.3, 0.4) is 0 Å². The van der Waals surface area contributed by atoms with Crippen LogP contribution in [0.4, 0.5) is 4.39 Å². The van der Waals surface area contributed by atoms with Crippen molar-refractivity contribution < 1.29 is 27.9 Å². The van der Waals surface area contributed by atoms with Crippen LogP contribution in [0, 0.1) is 5.82 Å². The summed E-state index contributed by atoms with van der Waals surface area (Å²) in [5.41, 5.74) is 5.25. The molecule has 0 aliphatic carbocycles. The highest BCUT2D eigenvalue weighted by Crippen LogP contribution is 2.15. The topological polar surface area (TPSA) is 104 Å². The smallest absolute Gasteiger partial charge is 0.287 e. The number of furan rings is 1. The minimum Gasteiger partial charge on any atom is -0.486 e. The van der Waals surface area contributed by atoms with Crippen LogP contribution in [0.2, 0.25) is 0 Å². The Bertz CT molecular complexity index is 714. The van der Waals surface area contributed by atoms with Crippen molar-refractivity contribution in [3.05, 3.63) is 53.7 Å². The average Bonchev–Trinajstić information content (AvgIpc) is 3.07. The highest BCUT2D eigenvalue weighted by atomic mass is 19.1. The van der Waals surface area contributed by atoms with Gasteiger partial charge < -0.3 is 24.9 Å². The molecule has 134 valence electrons. The van der Waals surface area contributed by atoms with E-state index in [2.05, 4.69) is 5.32 Å². The summed E-state index contributed by atoms with van der Waals surface area (Å²) in [6.07, 6.45) is 0.263. The van der Waals surface area contributed by atoms with Crippen LogP contribution in [0.25, 0.3) is 0 Å². The first kappa shape index (κ1) is 18.5. The van der Waals surface area contributed by atoms with Crippen molar-refractivity contribution in [3.8, 4) is 5.75 Å². The lowest BCUT2D eigenvalue weighted by atomic mass is 10.2. The molecule has 1 aromatic carbocycles. The summed E-state index contributed by atoms with van der Waals surface area (Å²) < 4.78 is 28.5. The van der Waals surface area contributed by atoms with E-state index in [1.54, 1.807) is 6.07 Å². The van der Waals surface area contributed by atoms with Crippen molar-refractivity contribution >= 4 is 11.8 Å². The molecule has 0 unspecified atom stereocenters. The second-order valence-electron chi connectivity index (χ2n) is 5.22. The lowest BCUT2D eigenvalue weighted by molar-refractivity contribution is -0.120. The zero-order valence-corrected chi connectivity index (χ0v) is 13.7. The van der Waals surface area contributed by atoms with E-state index < -0.39 is 17.9 Å². The van der Waals surface area contributed by atoms with E-state index in [-0.39, 0.29) is 31.2 Å². The van der Waals surface area contributed by atoms with E-state index in [0.717, 1.165) is 0 Å². The predicted molar refractivity (Wildman–Crippen MR) is 86.4 cm³/mol. The summed E-state index contributed by atoms with van der Waals surface area (Å²) in [4.78, 5) is 23.4. The number of primary amides is 1. The highest BCUT2D eigenvalue weighted by Gasteiger charge is 2.20. The van der Waals surface area contributed by atoms with Gasteiger partial charge in [-0.25, -0.2) is 4.39 Å². The third-order valence-electron chi connectivity index (χ3n) is 3.34. The molecule has 0 aliphatic heterocycles. The van der Waals surface area contributed by atoms with Crippen LogP contribution in [0.5, 0.6) is 5.75 Å². The van der Waals surface area contributed by atoms with Crippen molar-refractivity contribution in [1.82, 2.24) is 5.32 Å². The molecule has 1 aromatic heterocycles. The molecule has 0 aliphatic rings. The number of carbonyl (C=O) groups excluding carboxylic acids is 2. The maximum absolute atomic E-state index is 12.8. The standard InChI is InChI=1S/C17H19FN2O5/c1-23-9-8-14(16(19)21)20-17(22)15-7-6-13(25-15)10-24-12-4-2-11(18)3-5-12/h2-7,14H,8-10H2,1H3,(H2,19,21)(H,20,22)/t14-/m1/s1. The van der Waals surface area contributed by atoms with Gasteiger partial charge in [0.2, 0.25) is 5.91 Å². The molecule has 3 N–H and O–H groups in total. The van der Waals surface area contributed by atoms with Gasteiger partial charge in [0.25, 0.3) is 5.91 Å². The molecule has 0 fully saturated rings. The Morgan fingerprint density at radius 1 is 1.24 bits per heavy atom. The van der Waals surface area contributed by atoms with Crippen molar-refractivity contribution in [2.45, 2.75) is 19.1 Å². The number of hydrogen-bond donors (Lipinski definition) is 2. The van der Waals surface area contributed by atoms with E-state index >= 15 is 0 Å². The molecule has 8 heteroatoms. The number of ether oxygens (including phenoxy) is 2. The van der Waals surface area contributed by atoms with Gasteiger partial charge in [-0.15, -0.1) is 0 Å². The lowest BCUT2D eigenvalue weighted by Crippen LogP contribution is -2.45. The second-order valence-corrected chi connectivity index (χ2v) is 5.22. The molecule has 25 heavy (non-hydrogen) atoms. The van der Waals surface area contributed by atoms with E-state index in [4.69, 9.17) is 19.6 Å². The van der Waals surface area contributed by atoms with E-state index in [9.17, 15) is 14.0 Å². The Labute approximate surface area is 143 Å². The van der Waals surface area contributed by atoms with Crippen molar-refractivity contribution in [3.63, 3.8) is 0 Å². The molecular weight excluding hydrogens is 331 g/mol. The maximum Gasteiger partial charge on any atom is 0.287 e. The summed E-state index contributed by atoms with van der Waals surface area (Å²) in [6.45, 7) is 0.352. The molecule has 7 nitrogen and oxygen atoms in total. The number of amides is 2. The van der Waals surface area contributed by atoms with Crippen molar-refractivity contribution in [2.24, 2.45) is 5.73 Å². The SMILES string of the molecule is COCC[C@@H](NC(=O)c1ccc(COc2ccc(F)cc2)o1)C(N)=O. The molecule has 2 rings (SSSR count). The fourth-order valence-corrected chi connectivity index (χ4v) is 2.01. The lowest BCUT2D eigenvalue weighted by Gasteiger charge is -2.13. The zero-order valence-electron chi connectivity index (χ0n) is 13.7. The van der Waals surface area contributed by atoms with Crippen LogP contribution in [0.15, 0.2) is 40.8 Å². The Kier molecular flexibility index (Phi) is 6.53. The molecule has 0 bridgehead atoms. The quantitative estimate of drug-likeness (QED) is 0.715. The van der Waals surface area contributed by atoms with Gasteiger partial charge in [-0.2, -0.15) is 0 Å². The fraction of sp³-hybridized carbons (Fsp3) is 0.294. The van der Waals surface area contributed by atoms with Gasteiger partial charge in [-0.1, -0.05) is 0 Å². The van der Waals surface area contributed by atoms with Crippen LogP contribution in [-0.2, 0) is 16.1 Å². The average molecular weight is 350 g/mol. The minimum atomic E-state index is -0.850. The van der Waals surface area contributed by atoms with Crippen LogP contribution in [-0.4, -0.2) is 31.6 Å². The first-order chi connectivity index (χ1) is 12.0. The van der Waals surface area contributed by atoms with Gasteiger partial charge in [0.15, 0.2) is 5.76 Å². The minimum absolute atomic E-state index is 0.0290. The predicted octanol–water partition coefficient (Wildman–Crippen LogP) is 1.62. The zero-order chi connectivity index (χ0) is 18.2.